The molecule has 2 saturated carbocycles. The highest BCUT2D eigenvalue weighted by atomic mass is 19.1. The Morgan fingerprint density at radius 3 is 2.84 bits per heavy atom. The molecular formula is C18H19FN4O2. The van der Waals surface area contributed by atoms with Crippen molar-refractivity contribution in [3.8, 4) is 0 Å². The summed E-state index contributed by atoms with van der Waals surface area (Å²) in [6, 6.07) is 4.90. The first kappa shape index (κ1) is 14.9. The molecule has 1 aromatic heterocycles. The Balaban J connectivity index is 1.29. The van der Waals surface area contributed by atoms with Crippen LogP contribution in [-0.2, 0) is 4.79 Å². The molecule has 7 heteroatoms. The molecule has 3 aliphatic rings. The maximum atomic E-state index is 13.7. The molecule has 2 aromatic rings. The van der Waals surface area contributed by atoms with Gasteiger partial charge in [0.15, 0.2) is 5.82 Å². The molecule has 0 radical (unpaired) electrons. The number of carbonyl (C=O) groups is 2. The fourth-order valence-corrected chi connectivity index (χ4v) is 4.38. The maximum absolute atomic E-state index is 13.7. The molecule has 3 fully saturated rings. The number of H-pyrrole nitrogens is 1. The van der Waals surface area contributed by atoms with Crippen LogP contribution in [0.25, 0.3) is 10.9 Å². The molecule has 0 unspecified atom stereocenters. The van der Waals surface area contributed by atoms with Gasteiger partial charge in [-0.3, -0.25) is 14.7 Å². The lowest BCUT2D eigenvalue weighted by Gasteiger charge is -2.32. The number of para-hydroxylation sites is 1. The summed E-state index contributed by atoms with van der Waals surface area (Å²) >= 11 is 0. The van der Waals surface area contributed by atoms with Gasteiger partial charge in [-0.25, -0.2) is 4.39 Å². The van der Waals surface area contributed by atoms with Gasteiger partial charge in [-0.05, 0) is 37.7 Å². The van der Waals surface area contributed by atoms with Crippen LogP contribution in [0, 0.1) is 17.7 Å². The minimum absolute atomic E-state index is 0.0627. The molecule has 1 aliphatic heterocycles. The predicted octanol–water partition coefficient (Wildman–Crippen LogP) is 1.83. The number of hydrogen-bond donors (Lipinski definition) is 2. The van der Waals surface area contributed by atoms with Gasteiger partial charge in [0.2, 0.25) is 5.91 Å². The smallest absolute Gasteiger partial charge is 0.270 e. The highest BCUT2D eigenvalue weighted by Crippen LogP contribution is 2.41. The van der Waals surface area contributed by atoms with Gasteiger partial charge in [0, 0.05) is 29.9 Å². The van der Waals surface area contributed by atoms with Crippen molar-refractivity contribution in [1.29, 1.82) is 0 Å². The van der Waals surface area contributed by atoms with Crippen molar-refractivity contribution in [2.45, 2.75) is 37.8 Å². The molecule has 5 rings (SSSR count). The SMILES string of the molecule is O=C(N[C@H]1C[C@H]2C[C@H]1CN2C(=O)C1CC1)c1[nH]nc2c(F)cccc12. The van der Waals surface area contributed by atoms with Crippen molar-refractivity contribution >= 4 is 22.7 Å². The number of nitrogens with zero attached hydrogens (tertiary/aromatic N) is 2. The maximum Gasteiger partial charge on any atom is 0.270 e. The van der Waals surface area contributed by atoms with E-state index in [2.05, 4.69) is 15.5 Å². The lowest BCUT2D eigenvalue weighted by Crippen LogP contribution is -2.48. The Labute approximate surface area is 143 Å². The zero-order chi connectivity index (χ0) is 17.1. The average molecular weight is 342 g/mol. The molecule has 2 N–H and O–H groups in total. The third kappa shape index (κ3) is 2.33. The molecule has 2 amide bonds. The zero-order valence-electron chi connectivity index (χ0n) is 13.7. The summed E-state index contributed by atoms with van der Waals surface area (Å²) in [4.78, 5) is 26.9. The minimum atomic E-state index is -0.443. The number of aromatic nitrogens is 2. The third-order valence-electron chi connectivity index (χ3n) is 5.83. The summed E-state index contributed by atoms with van der Waals surface area (Å²) in [5, 5.41) is 10.1. The van der Waals surface area contributed by atoms with Gasteiger partial charge in [-0.2, -0.15) is 5.10 Å². The lowest BCUT2D eigenvalue weighted by atomic mass is 10.0. The summed E-state index contributed by atoms with van der Waals surface area (Å²) in [6.45, 7) is 0.739. The van der Waals surface area contributed by atoms with E-state index in [-0.39, 0.29) is 29.4 Å². The van der Waals surface area contributed by atoms with Crippen LogP contribution in [0.1, 0.15) is 36.2 Å². The van der Waals surface area contributed by atoms with Crippen LogP contribution in [0.2, 0.25) is 0 Å². The van der Waals surface area contributed by atoms with Crippen LogP contribution < -0.4 is 5.32 Å². The predicted molar refractivity (Wildman–Crippen MR) is 88.3 cm³/mol. The number of piperidine rings is 1. The Kier molecular flexibility index (Phi) is 3.14. The Morgan fingerprint density at radius 2 is 2.12 bits per heavy atom. The van der Waals surface area contributed by atoms with Crippen LogP contribution in [0.15, 0.2) is 18.2 Å². The first-order valence-electron chi connectivity index (χ1n) is 8.85. The number of aromatic amines is 1. The monoisotopic (exact) mass is 342 g/mol. The largest absolute Gasteiger partial charge is 0.348 e. The zero-order valence-corrected chi connectivity index (χ0v) is 13.7. The molecular weight excluding hydrogens is 323 g/mol. The van der Waals surface area contributed by atoms with Gasteiger partial charge < -0.3 is 10.2 Å². The molecule has 1 aromatic carbocycles. The summed E-state index contributed by atoms with van der Waals surface area (Å²) in [5.41, 5.74) is 0.477. The number of nitrogens with one attached hydrogen (secondary N) is 2. The molecule has 1 saturated heterocycles. The van der Waals surface area contributed by atoms with Crippen LogP contribution in [0.3, 0.4) is 0 Å². The van der Waals surface area contributed by atoms with Gasteiger partial charge in [-0.1, -0.05) is 12.1 Å². The third-order valence-corrected chi connectivity index (χ3v) is 5.83. The number of benzene rings is 1. The van der Waals surface area contributed by atoms with Gasteiger partial charge >= 0.3 is 0 Å². The van der Waals surface area contributed by atoms with Gasteiger partial charge in [-0.15, -0.1) is 0 Å². The molecule has 2 bridgehead atoms. The number of fused-ring (bicyclic) bond motifs is 3. The molecule has 130 valence electrons. The molecule has 25 heavy (non-hydrogen) atoms. The van der Waals surface area contributed by atoms with Crippen LogP contribution in [0.5, 0.6) is 0 Å². The van der Waals surface area contributed by atoms with Crippen molar-refractivity contribution in [3.05, 3.63) is 29.7 Å². The van der Waals surface area contributed by atoms with E-state index >= 15 is 0 Å². The van der Waals surface area contributed by atoms with Gasteiger partial charge in [0.1, 0.15) is 11.2 Å². The fraction of sp³-hybridized carbons (Fsp3) is 0.500. The molecule has 0 spiro atoms. The van der Waals surface area contributed by atoms with Gasteiger partial charge in [0.25, 0.3) is 5.91 Å². The summed E-state index contributed by atoms with van der Waals surface area (Å²) in [5.74, 6) is 0.154. The number of hydrogen-bond acceptors (Lipinski definition) is 3. The highest BCUT2D eigenvalue weighted by molar-refractivity contribution is 6.04. The second kappa shape index (κ2) is 5.28. The molecule has 6 nitrogen and oxygen atoms in total. The van der Waals surface area contributed by atoms with Crippen LogP contribution >= 0.6 is 0 Å². The molecule has 3 atom stereocenters. The van der Waals surface area contributed by atoms with E-state index in [1.54, 1.807) is 12.1 Å². The van der Waals surface area contributed by atoms with Crippen LogP contribution in [0.4, 0.5) is 4.39 Å². The van der Waals surface area contributed by atoms with Crippen molar-refractivity contribution in [3.63, 3.8) is 0 Å². The van der Waals surface area contributed by atoms with Crippen molar-refractivity contribution in [2.75, 3.05) is 6.54 Å². The van der Waals surface area contributed by atoms with E-state index in [1.807, 2.05) is 4.90 Å². The fourth-order valence-electron chi connectivity index (χ4n) is 4.38. The Morgan fingerprint density at radius 1 is 1.28 bits per heavy atom. The van der Waals surface area contributed by atoms with Crippen molar-refractivity contribution in [1.82, 2.24) is 20.4 Å². The summed E-state index contributed by atoms with van der Waals surface area (Å²) in [6.07, 6.45) is 3.81. The van der Waals surface area contributed by atoms with E-state index in [9.17, 15) is 14.0 Å². The van der Waals surface area contributed by atoms with E-state index in [0.717, 1.165) is 32.2 Å². The quantitative estimate of drug-likeness (QED) is 0.893. The number of carbonyl (C=O) groups excluding carboxylic acids is 2. The molecule has 2 heterocycles. The van der Waals surface area contributed by atoms with Crippen LogP contribution in [-0.4, -0.2) is 45.5 Å². The standard InChI is InChI=1S/C18H19FN4O2/c19-13-3-1-2-12-15(13)21-22-16(12)17(24)20-14-7-11-6-10(14)8-23(11)18(25)9-4-5-9/h1-3,9-11,14H,4-8H2,(H,20,24)(H,21,22)/t10-,11+,14-/m0/s1. The second-order valence-corrected chi connectivity index (χ2v) is 7.46. The van der Waals surface area contributed by atoms with E-state index in [1.165, 1.54) is 6.07 Å². The number of rotatable bonds is 3. The minimum Gasteiger partial charge on any atom is -0.348 e. The highest BCUT2D eigenvalue weighted by Gasteiger charge is 2.49. The van der Waals surface area contributed by atoms with Crippen molar-refractivity contribution < 1.29 is 14.0 Å². The van der Waals surface area contributed by atoms with Crippen molar-refractivity contribution in [2.24, 2.45) is 11.8 Å². The second-order valence-electron chi connectivity index (χ2n) is 7.46. The first-order chi connectivity index (χ1) is 12.1. The van der Waals surface area contributed by atoms with E-state index in [0.29, 0.717) is 22.9 Å². The number of halogens is 1. The lowest BCUT2D eigenvalue weighted by molar-refractivity contribution is -0.134. The molecule has 2 aliphatic carbocycles. The Hall–Kier alpha value is -2.44. The van der Waals surface area contributed by atoms with Gasteiger partial charge in [0.05, 0.1) is 0 Å². The number of likely N-dealkylation sites (tertiary alicyclic amines) is 1. The van der Waals surface area contributed by atoms with E-state index < -0.39 is 5.82 Å². The van der Waals surface area contributed by atoms with E-state index in [4.69, 9.17) is 0 Å². The Bertz CT molecular complexity index is 875. The summed E-state index contributed by atoms with van der Waals surface area (Å²) < 4.78 is 13.7. The number of amides is 2. The average Bonchev–Trinajstić information content (AvgIpc) is 3.05. The first-order valence-corrected chi connectivity index (χ1v) is 8.85. The topological polar surface area (TPSA) is 78.1 Å². The normalized spacial score (nSPS) is 27.9. The summed E-state index contributed by atoms with van der Waals surface area (Å²) in [7, 11) is 0.